The van der Waals surface area contributed by atoms with E-state index in [0.29, 0.717) is 0 Å². The quantitative estimate of drug-likeness (QED) is 0.174. The SMILES string of the molecule is c1ccc(N(c2ccc(-c3ccc(-n4c5ccccc5n5c6ccccc6nc45)cc3)cc2)c2ccc3c(c2)C2(c4ccccc4-c4ccccc42)c2ccccc2-3)cc1. The van der Waals surface area contributed by atoms with Gasteiger partial charge in [-0.2, -0.15) is 0 Å². The minimum atomic E-state index is -0.405. The van der Waals surface area contributed by atoms with Crippen LogP contribution in [0, 0.1) is 0 Å². The molecule has 1 spiro atoms. The summed E-state index contributed by atoms with van der Waals surface area (Å²) >= 11 is 0. The molecule has 0 fully saturated rings. The number of fused-ring (bicyclic) bond motifs is 15. The third-order valence-electron chi connectivity index (χ3n) is 12.9. The molecule has 0 saturated carbocycles. The van der Waals surface area contributed by atoms with E-state index in [-0.39, 0.29) is 0 Å². The zero-order valence-electron chi connectivity index (χ0n) is 32.6. The Morgan fingerprint density at radius 3 is 1.50 bits per heavy atom. The van der Waals surface area contributed by atoms with Crippen molar-refractivity contribution >= 4 is 44.9 Å². The molecule has 2 aliphatic rings. The molecular weight excluding hydrogens is 729 g/mol. The molecule has 0 unspecified atom stereocenters. The molecule has 280 valence electrons. The highest BCUT2D eigenvalue weighted by atomic mass is 15.2. The zero-order chi connectivity index (χ0) is 39.4. The van der Waals surface area contributed by atoms with Crippen LogP contribution in [0.15, 0.2) is 218 Å². The fraction of sp³-hybridized carbons (Fsp3) is 0.0179. The average molecular weight is 765 g/mol. The van der Waals surface area contributed by atoms with Gasteiger partial charge in [0.15, 0.2) is 0 Å². The Labute approximate surface area is 347 Å². The maximum atomic E-state index is 5.08. The van der Waals surface area contributed by atoms with Crippen molar-refractivity contribution in [1.29, 1.82) is 0 Å². The summed E-state index contributed by atoms with van der Waals surface area (Å²) in [6.45, 7) is 0. The number of para-hydroxylation sites is 5. The first-order valence-electron chi connectivity index (χ1n) is 20.6. The molecule has 4 nitrogen and oxygen atoms in total. The molecular formula is C56H36N4. The normalized spacial score (nSPS) is 13.1. The van der Waals surface area contributed by atoms with Gasteiger partial charge in [-0.05, 0) is 128 Å². The molecule has 13 rings (SSSR count). The second-order valence-corrected chi connectivity index (χ2v) is 15.9. The minimum Gasteiger partial charge on any atom is -0.310 e. The Balaban J connectivity index is 0.913. The van der Waals surface area contributed by atoms with E-state index < -0.39 is 5.41 Å². The number of nitrogens with zero attached hydrogens (tertiary/aromatic N) is 4. The average Bonchev–Trinajstić information content (AvgIpc) is 4.03. The number of aromatic nitrogens is 3. The van der Waals surface area contributed by atoms with Crippen molar-refractivity contribution in [3.8, 4) is 39.1 Å². The van der Waals surface area contributed by atoms with Gasteiger partial charge in [0.2, 0.25) is 5.78 Å². The third-order valence-corrected chi connectivity index (χ3v) is 12.9. The van der Waals surface area contributed by atoms with Gasteiger partial charge in [-0.1, -0.05) is 146 Å². The van der Waals surface area contributed by atoms with E-state index in [4.69, 9.17) is 4.98 Å². The number of rotatable bonds is 5. The largest absolute Gasteiger partial charge is 0.310 e. The van der Waals surface area contributed by atoms with Crippen molar-refractivity contribution in [2.75, 3.05) is 4.90 Å². The van der Waals surface area contributed by atoms with E-state index >= 15 is 0 Å². The zero-order valence-corrected chi connectivity index (χ0v) is 32.6. The van der Waals surface area contributed by atoms with E-state index in [1.165, 1.54) is 44.5 Å². The molecule has 4 heteroatoms. The van der Waals surface area contributed by atoms with Crippen LogP contribution in [-0.2, 0) is 5.41 Å². The van der Waals surface area contributed by atoms with Gasteiger partial charge in [0.25, 0.3) is 0 Å². The van der Waals surface area contributed by atoms with Gasteiger partial charge in [-0.25, -0.2) is 4.98 Å². The molecule has 0 N–H and O–H groups in total. The molecule has 0 amide bonds. The van der Waals surface area contributed by atoms with E-state index in [2.05, 4.69) is 232 Å². The minimum absolute atomic E-state index is 0.405. The summed E-state index contributed by atoms with van der Waals surface area (Å²) < 4.78 is 4.53. The van der Waals surface area contributed by atoms with Gasteiger partial charge in [-0.15, -0.1) is 0 Å². The Bertz CT molecular complexity index is 3420. The summed E-state index contributed by atoms with van der Waals surface area (Å²) in [6, 6.07) is 79.7. The second-order valence-electron chi connectivity index (χ2n) is 15.9. The molecule has 0 radical (unpaired) electrons. The topological polar surface area (TPSA) is 25.5 Å². The number of hydrogen-bond donors (Lipinski definition) is 0. The highest BCUT2D eigenvalue weighted by molar-refractivity contribution is 5.97. The Kier molecular flexibility index (Phi) is 6.90. The lowest BCUT2D eigenvalue weighted by Gasteiger charge is -2.32. The molecule has 0 aliphatic heterocycles. The van der Waals surface area contributed by atoms with Crippen LogP contribution in [0.4, 0.5) is 17.1 Å². The van der Waals surface area contributed by atoms with Crippen LogP contribution in [0.25, 0.3) is 66.9 Å². The number of anilines is 3. The van der Waals surface area contributed by atoms with Crippen molar-refractivity contribution in [2.24, 2.45) is 0 Å². The van der Waals surface area contributed by atoms with Crippen LogP contribution in [-0.4, -0.2) is 14.0 Å². The summed E-state index contributed by atoms with van der Waals surface area (Å²) in [7, 11) is 0. The standard InChI is InChI=1S/C56H36N4/c1-2-14-39(15-3-1)58(42-34-35-46-45-18-6-9-21-49(45)56(50(46)36-42)47-19-7-4-16-43(47)44-17-5-8-20-48(44)56)40-30-26-37(27-31-40)38-28-32-41(33-29-38)59-53-24-12-13-25-54(53)60-52-23-11-10-22-51(52)57-55(59)60/h1-36H. The second kappa shape index (κ2) is 12.5. The van der Waals surface area contributed by atoms with E-state index in [1.807, 2.05) is 0 Å². The van der Waals surface area contributed by atoms with Crippen molar-refractivity contribution in [3.63, 3.8) is 0 Å². The molecule has 2 aromatic heterocycles. The lowest BCUT2D eigenvalue weighted by Crippen LogP contribution is -2.26. The van der Waals surface area contributed by atoms with Crippen LogP contribution < -0.4 is 4.90 Å². The van der Waals surface area contributed by atoms with Gasteiger partial charge in [-0.3, -0.25) is 8.97 Å². The van der Waals surface area contributed by atoms with Crippen molar-refractivity contribution in [2.45, 2.75) is 5.41 Å². The summed E-state index contributed by atoms with van der Waals surface area (Å²) in [6.07, 6.45) is 0. The van der Waals surface area contributed by atoms with Crippen LogP contribution >= 0.6 is 0 Å². The highest BCUT2D eigenvalue weighted by Gasteiger charge is 2.51. The van der Waals surface area contributed by atoms with Crippen molar-refractivity contribution in [1.82, 2.24) is 14.0 Å². The number of benzene rings is 9. The number of hydrogen-bond acceptors (Lipinski definition) is 2. The Morgan fingerprint density at radius 2 is 0.850 bits per heavy atom. The van der Waals surface area contributed by atoms with Crippen LogP contribution in [0.5, 0.6) is 0 Å². The van der Waals surface area contributed by atoms with Gasteiger partial charge < -0.3 is 4.90 Å². The maximum absolute atomic E-state index is 5.08. The molecule has 0 bridgehead atoms. The first kappa shape index (κ1) is 33.1. The van der Waals surface area contributed by atoms with Gasteiger partial charge in [0.1, 0.15) is 0 Å². The molecule has 9 aromatic carbocycles. The summed E-state index contributed by atoms with van der Waals surface area (Å²) in [5.41, 5.74) is 21.3. The number of imidazole rings is 2. The smallest absolute Gasteiger partial charge is 0.220 e. The predicted octanol–water partition coefficient (Wildman–Crippen LogP) is 13.9. The molecule has 0 saturated heterocycles. The highest BCUT2D eigenvalue weighted by Crippen LogP contribution is 2.63. The van der Waals surface area contributed by atoms with Crippen molar-refractivity contribution < 1.29 is 0 Å². The van der Waals surface area contributed by atoms with Crippen molar-refractivity contribution in [3.05, 3.63) is 241 Å². The Hall–Kier alpha value is -7.95. The Morgan fingerprint density at radius 1 is 0.367 bits per heavy atom. The lowest BCUT2D eigenvalue weighted by molar-refractivity contribution is 0.793. The fourth-order valence-electron chi connectivity index (χ4n) is 10.5. The van der Waals surface area contributed by atoms with Crippen LogP contribution in [0.1, 0.15) is 22.3 Å². The molecule has 11 aromatic rings. The molecule has 60 heavy (non-hydrogen) atoms. The predicted molar refractivity (Wildman–Crippen MR) is 246 cm³/mol. The van der Waals surface area contributed by atoms with Gasteiger partial charge >= 0.3 is 0 Å². The summed E-state index contributed by atoms with van der Waals surface area (Å²) in [4.78, 5) is 7.47. The van der Waals surface area contributed by atoms with Crippen LogP contribution in [0.3, 0.4) is 0 Å². The van der Waals surface area contributed by atoms with Gasteiger partial charge in [0, 0.05) is 22.7 Å². The lowest BCUT2D eigenvalue weighted by atomic mass is 9.70. The van der Waals surface area contributed by atoms with Crippen LogP contribution in [0.2, 0.25) is 0 Å². The van der Waals surface area contributed by atoms with Gasteiger partial charge in [0.05, 0.1) is 27.5 Å². The monoisotopic (exact) mass is 764 g/mol. The maximum Gasteiger partial charge on any atom is 0.220 e. The first-order valence-corrected chi connectivity index (χ1v) is 20.6. The molecule has 2 aliphatic carbocycles. The summed E-state index contributed by atoms with van der Waals surface area (Å²) in [5, 5.41) is 0. The van der Waals surface area contributed by atoms with E-state index in [9.17, 15) is 0 Å². The first-order chi connectivity index (χ1) is 29.8. The van der Waals surface area contributed by atoms with E-state index in [0.717, 1.165) is 61.7 Å². The molecule has 0 atom stereocenters. The fourth-order valence-corrected chi connectivity index (χ4v) is 10.5. The molecule has 2 heterocycles. The third kappa shape index (κ3) is 4.47. The summed E-state index contributed by atoms with van der Waals surface area (Å²) in [5.74, 6) is 0.915. The van der Waals surface area contributed by atoms with E-state index in [1.54, 1.807) is 0 Å².